The third kappa shape index (κ3) is 5.23. The standard InChI is InChI=1S/C18H28N2O4/c1-5-18(6-2,17(22)23)13-19-11-14-9-7-8-10-15(14)24-12-16(21)20(3)4/h7-10,19H,5-6,11-13H2,1-4H3,(H,22,23). The third-order valence-corrected chi connectivity index (χ3v) is 4.41. The normalized spacial score (nSPS) is 11.2. The lowest BCUT2D eigenvalue weighted by Crippen LogP contribution is -2.40. The van der Waals surface area contributed by atoms with Gasteiger partial charge in [0.05, 0.1) is 5.41 Å². The molecule has 0 heterocycles. The van der Waals surface area contributed by atoms with Crippen molar-refractivity contribution in [2.24, 2.45) is 5.41 Å². The molecule has 0 aliphatic heterocycles. The molecule has 1 aromatic rings. The second-order valence-electron chi connectivity index (χ2n) is 6.08. The first-order valence-electron chi connectivity index (χ1n) is 8.21. The lowest BCUT2D eigenvalue weighted by molar-refractivity contribution is -0.149. The van der Waals surface area contributed by atoms with Gasteiger partial charge < -0.3 is 20.1 Å². The van der Waals surface area contributed by atoms with Gasteiger partial charge in [0.15, 0.2) is 6.61 Å². The highest BCUT2D eigenvalue weighted by atomic mass is 16.5. The van der Waals surface area contributed by atoms with Crippen molar-refractivity contribution in [1.29, 1.82) is 0 Å². The van der Waals surface area contributed by atoms with Gasteiger partial charge in [0.25, 0.3) is 5.91 Å². The van der Waals surface area contributed by atoms with Gasteiger partial charge in [-0.05, 0) is 18.9 Å². The zero-order valence-corrected chi connectivity index (χ0v) is 15.0. The summed E-state index contributed by atoms with van der Waals surface area (Å²) in [5.41, 5.74) is 0.145. The van der Waals surface area contributed by atoms with Crippen LogP contribution >= 0.6 is 0 Å². The molecule has 1 aromatic carbocycles. The summed E-state index contributed by atoms with van der Waals surface area (Å²) in [5.74, 6) is -0.255. The molecule has 134 valence electrons. The van der Waals surface area contributed by atoms with E-state index < -0.39 is 11.4 Å². The van der Waals surface area contributed by atoms with E-state index in [1.54, 1.807) is 14.1 Å². The Hall–Kier alpha value is -2.08. The lowest BCUT2D eigenvalue weighted by atomic mass is 9.82. The molecule has 2 N–H and O–H groups in total. The van der Waals surface area contributed by atoms with Gasteiger partial charge in [-0.15, -0.1) is 0 Å². The van der Waals surface area contributed by atoms with Crippen LogP contribution in [0.3, 0.4) is 0 Å². The Morgan fingerprint density at radius 1 is 1.21 bits per heavy atom. The van der Waals surface area contributed by atoms with Crippen LogP contribution in [0.4, 0.5) is 0 Å². The average Bonchev–Trinajstić information content (AvgIpc) is 2.57. The van der Waals surface area contributed by atoms with Crippen LogP contribution in [0.1, 0.15) is 32.3 Å². The molecule has 6 heteroatoms. The zero-order valence-electron chi connectivity index (χ0n) is 15.0. The van der Waals surface area contributed by atoms with E-state index in [1.807, 2.05) is 38.1 Å². The second-order valence-corrected chi connectivity index (χ2v) is 6.08. The Bertz CT molecular complexity index is 554. The van der Waals surface area contributed by atoms with Crippen molar-refractivity contribution in [3.63, 3.8) is 0 Å². The number of nitrogens with zero attached hydrogens (tertiary/aromatic N) is 1. The first kappa shape index (κ1) is 20.0. The molecular formula is C18H28N2O4. The van der Waals surface area contributed by atoms with E-state index in [9.17, 15) is 14.7 Å². The molecule has 0 aliphatic carbocycles. The van der Waals surface area contributed by atoms with Crippen LogP contribution in [0.2, 0.25) is 0 Å². The van der Waals surface area contributed by atoms with Gasteiger partial charge in [0.2, 0.25) is 0 Å². The third-order valence-electron chi connectivity index (χ3n) is 4.41. The number of carbonyl (C=O) groups excluding carboxylic acids is 1. The van der Waals surface area contributed by atoms with Crippen LogP contribution < -0.4 is 10.1 Å². The number of rotatable bonds is 10. The van der Waals surface area contributed by atoms with Gasteiger partial charge in [-0.1, -0.05) is 32.0 Å². The van der Waals surface area contributed by atoms with Gasteiger partial charge in [-0.3, -0.25) is 9.59 Å². The zero-order chi connectivity index (χ0) is 18.2. The van der Waals surface area contributed by atoms with E-state index in [4.69, 9.17) is 4.74 Å². The van der Waals surface area contributed by atoms with Gasteiger partial charge in [-0.25, -0.2) is 0 Å². The fourth-order valence-corrected chi connectivity index (χ4v) is 2.37. The number of aliphatic carboxylic acids is 1. The Morgan fingerprint density at radius 3 is 2.38 bits per heavy atom. The molecule has 0 unspecified atom stereocenters. The van der Waals surface area contributed by atoms with E-state index in [0.29, 0.717) is 31.7 Å². The lowest BCUT2D eigenvalue weighted by Gasteiger charge is -2.27. The van der Waals surface area contributed by atoms with Crippen molar-refractivity contribution in [1.82, 2.24) is 10.2 Å². The summed E-state index contributed by atoms with van der Waals surface area (Å²) in [6.45, 7) is 4.64. The van der Waals surface area contributed by atoms with E-state index in [1.165, 1.54) is 4.90 Å². The van der Waals surface area contributed by atoms with E-state index in [2.05, 4.69) is 5.32 Å². The number of ether oxygens (including phenoxy) is 1. The van der Waals surface area contributed by atoms with Crippen LogP contribution in [0.5, 0.6) is 5.75 Å². The van der Waals surface area contributed by atoms with Crippen molar-refractivity contribution < 1.29 is 19.4 Å². The number of likely N-dealkylation sites (N-methyl/N-ethyl adjacent to an activating group) is 1. The number of carboxylic acids is 1. The molecule has 0 aliphatic rings. The molecule has 0 aromatic heterocycles. The summed E-state index contributed by atoms with van der Waals surface area (Å²) < 4.78 is 5.60. The van der Waals surface area contributed by atoms with Crippen molar-refractivity contribution in [3.8, 4) is 5.75 Å². The summed E-state index contributed by atoms with van der Waals surface area (Å²) >= 11 is 0. The van der Waals surface area contributed by atoms with E-state index >= 15 is 0 Å². The summed E-state index contributed by atoms with van der Waals surface area (Å²) in [4.78, 5) is 24.6. The maximum Gasteiger partial charge on any atom is 0.310 e. The fourth-order valence-electron chi connectivity index (χ4n) is 2.37. The van der Waals surface area contributed by atoms with Gasteiger partial charge in [0, 0.05) is 32.7 Å². The Balaban J connectivity index is 2.68. The fraction of sp³-hybridized carbons (Fsp3) is 0.556. The molecule has 0 spiro atoms. The first-order valence-corrected chi connectivity index (χ1v) is 8.21. The highest BCUT2D eigenvalue weighted by molar-refractivity contribution is 5.77. The number of carbonyl (C=O) groups is 2. The molecule has 6 nitrogen and oxygen atoms in total. The predicted molar refractivity (Wildman–Crippen MR) is 93.0 cm³/mol. The number of para-hydroxylation sites is 1. The summed E-state index contributed by atoms with van der Waals surface area (Å²) in [6, 6.07) is 7.45. The first-order chi connectivity index (χ1) is 11.4. The maximum absolute atomic E-state index is 11.6. The predicted octanol–water partition coefficient (Wildman–Crippen LogP) is 2.13. The smallest absolute Gasteiger partial charge is 0.310 e. The summed E-state index contributed by atoms with van der Waals surface area (Å²) in [6.07, 6.45) is 1.14. The van der Waals surface area contributed by atoms with Gasteiger partial charge in [0.1, 0.15) is 5.75 Å². The van der Waals surface area contributed by atoms with Crippen molar-refractivity contribution in [2.75, 3.05) is 27.2 Å². The Kier molecular flexibility index (Phi) is 7.71. The van der Waals surface area contributed by atoms with Crippen molar-refractivity contribution in [2.45, 2.75) is 33.2 Å². The number of hydrogen-bond acceptors (Lipinski definition) is 4. The van der Waals surface area contributed by atoms with Crippen LogP contribution in [0.25, 0.3) is 0 Å². The molecule has 0 bridgehead atoms. The number of amides is 1. The highest BCUT2D eigenvalue weighted by Gasteiger charge is 2.34. The molecule has 0 radical (unpaired) electrons. The minimum absolute atomic E-state index is 0.0208. The summed E-state index contributed by atoms with van der Waals surface area (Å²) in [7, 11) is 3.36. The largest absolute Gasteiger partial charge is 0.483 e. The number of benzene rings is 1. The van der Waals surface area contributed by atoms with Gasteiger partial charge >= 0.3 is 5.97 Å². The molecule has 0 fully saturated rings. The van der Waals surface area contributed by atoms with Crippen LogP contribution in [-0.2, 0) is 16.1 Å². The molecule has 0 saturated carbocycles. The molecule has 1 rings (SSSR count). The molecule has 0 atom stereocenters. The monoisotopic (exact) mass is 336 g/mol. The van der Waals surface area contributed by atoms with Crippen LogP contribution in [0, 0.1) is 5.41 Å². The molecule has 24 heavy (non-hydrogen) atoms. The minimum atomic E-state index is -0.777. The topological polar surface area (TPSA) is 78.9 Å². The number of nitrogens with one attached hydrogen (secondary N) is 1. The average molecular weight is 336 g/mol. The maximum atomic E-state index is 11.6. The Labute approximate surface area is 143 Å². The van der Waals surface area contributed by atoms with Crippen LogP contribution in [-0.4, -0.2) is 49.1 Å². The SMILES string of the molecule is CCC(CC)(CNCc1ccccc1OCC(=O)N(C)C)C(=O)O. The van der Waals surface area contributed by atoms with Gasteiger partial charge in [-0.2, -0.15) is 0 Å². The Morgan fingerprint density at radius 2 is 1.83 bits per heavy atom. The van der Waals surface area contributed by atoms with E-state index in [0.717, 1.165) is 5.56 Å². The molecule has 0 saturated heterocycles. The van der Waals surface area contributed by atoms with Crippen molar-refractivity contribution in [3.05, 3.63) is 29.8 Å². The van der Waals surface area contributed by atoms with E-state index in [-0.39, 0.29) is 12.5 Å². The number of carboxylic acid groups (broad SMARTS) is 1. The minimum Gasteiger partial charge on any atom is -0.483 e. The summed E-state index contributed by atoms with van der Waals surface area (Å²) in [5, 5.41) is 12.7. The van der Waals surface area contributed by atoms with Crippen molar-refractivity contribution >= 4 is 11.9 Å². The molecular weight excluding hydrogens is 308 g/mol. The number of hydrogen-bond donors (Lipinski definition) is 2. The highest BCUT2D eigenvalue weighted by Crippen LogP contribution is 2.26. The molecule has 1 amide bonds. The van der Waals surface area contributed by atoms with Crippen LogP contribution in [0.15, 0.2) is 24.3 Å². The quantitative estimate of drug-likeness (QED) is 0.684. The second kappa shape index (κ2) is 9.27.